The van der Waals surface area contributed by atoms with Gasteiger partial charge in [0.25, 0.3) is 5.91 Å². The molecular weight excluding hydrogens is 273 g/mol. The van der Waals surface area contributed by atoms with Gasteiger partial charge in [-0.25, -0.2) is 9.18 Å². The second-order valence-electron chi connectivity index (χ2n) is 4.93. The second kappa shape index (κ2) is 8.19. The molecule has 0 heterocycles. The number of hydrogen-bond acceptors (Lipinski definition) is 2. The molecule has 1 unspecified atom stereocenters. The fourth-order valence-electron chi connectivity index (χ4n) is 1.87. The number of hydrogen-bond donors (Lipinski definition) is 2. The lowest BCUT2D eigenvalue weighted by atomic mass is 10.1. The number of carboxylic acid groups (broad SMARTS) is 1. The zero-order valence-electron chi connectivity index (χ0n) is 12.2. The van der Waals surface area contributed by atoms with Gasteiger partial charge >= 0.3 is 5.97 Å². The summed E-state index contributed by atoms with van der Waals surface area (Å²) in [4.78, 5) is 22.5. The Kier molecular flexibility index (Phi) is 6.59. The molecule has 0 bridgehead atoms. The van der Waals surface area contributed by atoms with E-state index in [1.54, 1.807) is 0 Å². The van der Waals surface area contributed by atoms with Crippen LogP contribution in [0.15, 0.2) is 24.3 Å². The van der Waals surface area contributed by atoms with Gasteiger partial charge in [-0.15, -0.1) is 0 Å². The van der Waals surface area contributed by atoms with E-state index in [2.05, 4.69) is 12.2 Å². The van der Waals surface area contributed by atoms with Crippen LogP contribution in [-0.2, 0) is 4.79 Å². The van der Waals surface area contributed by atoms with Gasteiger partial charge in [0.05, 0.1) is 5.56 Å². The fraction of sp³-hybridized carbons (Fsp3) is 0.375. The molecule has 0 aromatic heterocycles. The molecule has 0 radical (unpaired) electrons. The number of carbonyl (C=O) groups excluding carboxylic acids is 1. The van der Waals surface area contributed by atoms with E-state index in [4.69, 9.17) is 5.11 Å². The zero-order valence-corrected chi connectivity index (χ0v) is 12.2. The largest absolute Gasteiger partial charge is 0.478 e. The van der Waals surface area contributed by atoms with Crippen molar-refractivity contribution >= 4 is 18.0 Å². The van der Waals surface area contributed by atoms with Crippen LogP contribution < -0.4 is 5.32 Å². The minimum atomic E-state index is -1.10. The van der Waals surface area contributed by atoms with Gasteiger partial charge in [0.1, 0.15) is 5.82 Å². The van der Waals surface area contributed by atoms with Crippen LogP contribution in [0.1, 0.15) is 49.0 Å². The third-order valence-corrected chi connectivity index (χ3v) is 3.02. The van der Waals surface area contributed by atoms with Gasteiger partial charge in [-0.3, -0.25) is 4.79 Å². The molecule has 21 heavy (non-hydrogen) atoms. The maximum Gasteiger partial charge on any atom is 0.328 e. The topological polar surface area (TPSA) is 66.4 Å². The molecule has 0 aliphatic heterocycles. The summed E-state index contributed by atoms with van der Waals surface area (Å²) in [6.07, 6.45) is 5.12. The summed E-state index contributed by atoms with van der Waals surface area (Å²) in [5, 5.41) is 11.3. The summed E-state index contributed by atoms with van der Waals surface area (Å²) in [5.74, 6) is -2.21. The van der Waals surface area contributed by atoms with E-state index in [1.807, 2.05) is 6.92 Å². The molecule has 5 heteroatoms. The molecule has 1 atom stereocenters. The Bertz CT molecular complexity index is 540. The average molecular weight is 293 g/mol. The van der Waals surface area contributed by atoms with Crippen LogP contribution in [0, 0.1) is 5.82 Å². The monoisotopic (exact) mass is 293 g/mol. The van der Waals surface area contributed by atoms with E-state index in [1.165, 1.54) is 18.2 Å². The Balaban J connectivity index is 2.83. The molecule has 0 fully saturated rings. The Morgan fingerprint density at radius 1 is 1.43 bits per heavy atom. The number of benzene rings is 1. The van der Waals surface area contributed by atoms with Crippen LogP contribution >= 0.6 is 0 Å². The van der Waals surface area contributed by atoms with Crippen LogP contribution in [0.3, 0.4) is 0 Å². The molecule has 1 rings (SSSR count). The van der Waals surface area contributed by atoms with E-state index < -0.39 is 17.7 Å². The summed E-state index contributed by atoms with van der Waals surface area (Å²) >= 11 is 0. The lowest BCUT2D eigenvalue weighted by Gasteiger charge is -2.14. The first-order valence-corrected chi connectivity index (χ1v) is 6.95. The van der Waals surface area contributed by atoms with Crippen molar-refractivity contribution in [1.82, 2.24) is 5.32 Å². The first-order valence-electron chi connectivity index (χ1n) is 6.95. The number of carbonyl (C=O) groups is 2. The molecule has 1 amide bonds. The molecule has 2 N–H and O–H groups in total. The maximum absolute atomic E-state index is 13.7. The summed E-state index contributed by atoms with van der Waals surface area (Å²) in [5.41, 5.74) is 0.385. The van der Waals surface area contributed by atoms with Crippen LogP contribution in [0.2, 0.25) is 0 Å². The van der Waals surface area contributed by atoms with Gasteiger partial charge < -0.3 is 10.4 Å². The summed E-state index contributed by atoms with van der Waals surface area (Å²) in [6, 6.07) is 3.89. The highest BCUT2D eigenvalue weighted by atomic mass is 19.1. The number of aliphatic carboxylic acids is 1. The maximum atomic E-state index is 13.7. The van der Waals surface area contributed by atoms with Crippen molar-refractivity contribution in [2.24, 2.45) is 0 Å². The van der Waals surface area contributed by atoms with Crippen molar-refractivity contribution in [3.8, 4) is 0 Å². The average Bonchev–Trinajstić information content (AvgIpc) is 2.43. The standard InChI is InChI=1S/C16H20FNO3/c1-3-4-5-11(2)18-16(21)13-10-12(6-8-14(13)17)7-9-15(19)20/h6-11H,3-5H2,1-2H3,(H,18,21)(H,19,20). The van der Waals surface area contributed by atoms with Gasteiger partial charge in [-0.2, -0.15) is 0 Å². The van der Waals surface area contributed by atoms with Gasteiger partial charge in [0, 0.05) is 12.1 Å². The van der Waals surface area contributed by atoms with Crippen molar-refractivity contribution in [3.63, 3.8) is 0 Å². The molecular formula is C16H20FNO3. The minimum Gasteiger partial charge on any atom is -0.478 e. The number of carboxylic acids is 1. The Hall–Kier alpha value is -2.17. The van der Waals surface area contributed by atoms with Gasteiger partial charge in [0.15, 0.2) is 0 Å². The van der Waals surface area contributed by atoms with Crippen molar-refractivity contribution in [1.29, 1.82) is 0 Å². The van der Waals surface area contributed by atoms with Gasteiger partial charge in [-0.1, -0.05) is 25.8 Å². The molecule has 0 aliphatic rings. The number of halogens is 1. The highest BCUT2D eigenvalue weighted by Gasteiger charge is 2.14. The summed E-state index contributed by atoms with van der Waals surface area (Å²) in [6.45, 7) is 3.94. The van der Waals surface area contributed by atoms with Gasteiger partial charge in [-0.05, 0) is 37.1 Å². The molecule has 1 aromatic rings. The molecule has 0 saturated heterocycles. The lowest BCUT2D eigenvalue weighted by Crippen LogP contribution is -2.33. The minimum absolute atomic E-state index is 0.0323. The summed E-state index contributed by atoms with van der Waals surface area (Å²) < 4.78 is 13.7. The number of unbranched alkanes of at least 4 members (excludes halogenated alkanes) is 1. The van der Waals surface area contributed by atoms with Crippen LogP contribution in [-0.4, -0.2) is 23.0 Å². The highest BCUT2D eigenvalue weighted by molar-refractivity contribution is 5.95. The van der Waals surface area contributed by atoms with Crippen LogP contribution in [0.25, 0.3) is 6.08 Å². The van der Waals surface area contributed by atoms with E-state index in [0.29, 0.717) is 5.56 Å². The van der Waals surface area contributed by atoms with Crippen molar-refractivity contribution in [2.45, 2.75) is 39.2 Å². The highest BCUT2D eigenvalue weighted by Crippen LogP contribution is 2.13. The molecule has 4 nitrogen and oxygen atoms in total. The Morgan fingerprint density at radius 2 is 2.14 bits per heavy atom. The fourth-order valence-corrected chi connectivity index (χ4v) is 1.87. The van der Waals surface area contributed by atoms with Crippen LogP contribution in [0.4, 0.5) is 4.39 Å². The number of nitrogens with one attached hydrogen (secondary N) is 1. The van der Waals surface area contributed by atoms with Gasteiger partial charge in [0.2, 0.25) is 0 Å². The third-order valence-electron chi connectivity index (χ3n) is 3.02. The Labute approximate surface area is 123 Å². The number of rotatable bonds is 7. The van der Waals surface area contributed by atoms with Crippen molar-refractivity contribution < 1.29 is 19.1 Å². The SMILES string of the molecule is CCCCC(C)NC(=O)c1cc(C=CC(=O)O)ccc1F. The molecule has 0 spiro atoms. The van der Waals surface area contributed by atoms with E-state index in [9.17, 15) is 14.0 Å². The molecule has 0 saturated carbocycles. The van der Waals surface area contributed by atoms with Crippen molar-refractivity contribution in [3.05, 3.63) is 41.2 Å². The lowest BCUT2D eigenvalue weighted by molar-refractivity contribution is -0.131. The van der Waals surface area contributed by atoms with E-state index >= 15 is 0 Å². The summed E-state index contributed by atoms with van der Waals surface area (Å²) in [7, 11) is 0. The van der Waals surface area contributed by atoms with Crippen LogP contribution in [0.5, 0.6) is 0 Å². The zero-order chi connectivity index (χ0) is 15.8. The third kappa shape index (κ3) is 5.77. The van der Waals surface area contributed by atoms with Crippen molar-refractivity contribution in [2.75, 3.05) is 0 Å². The Morgan fingerprint density at radius 3 is 2.76 bits per heavy atom. The molecule has 114 valence electrons. The quantitative estimate of drug-likeness (QED) is 0.758. The molecule has 1 aromatic carbocycles. The second-order valence-corrected chi connectivity index (χ2v) is 4.93. The predicted molar refractivity (Wildman–Crippen MR) is 79.5 cm³/mol. The first kappa shape index (κ1) is 16.9. The smallest absolute Gasteiger partial charge is 0.328 e. The first-order chi connectivity index (χ1) is 9.93. The predicted octanol–water partition coefficient (Wildman–Crippen LogP) is 3.23. The van der Waals surface area contributed by atoms with E-state index in [0.717, 1.165) is 31.4 Å². The van der Waals surface area contributed by atoms with E-state index in [-0.39, 0.29) is 11.6 Å². The molecule has 0 aliphatic carbocycles. The number of amides is 1. The normalized spacial score (nSPS) is 12.3.